The molecular weight excluding hydrogens is 250 g/mol. The molecule has 2 rings (SSSR count). The fourth-order valence-electron chi connectivity index (χ4n) is 3.09. The maximum atomic E-state index is 5.53. The molecule has 1 aliphatic rings. The topological polar surface area (TPSA) is 37.4 Å². The lowest BCUT2D eigenvalue weighted by Gasteiger charge is -2.40. The molecule has 20 heavy (non-hydrogen) atoms. The zero-order chi connectivity index (χ0) is 14.3. The average Bonchev–Trinajstić information content (AvgIpc) is 2.47. The van der Waals surface area contributed by atoms with Crippen molar-refractivity contribution in [1.82, 2.24) is 15.2 Å². The number of likely N-dealkylation sites (N-methyl/N-ethyl adjacent to an activating group) is 1. The first-order chi connectivity index (χ1) is 9.74. The molecule has 1 fully saturated rings. The van der Waals surface area contributed by atoms with Gasteiger partial charge in [-0.3, -0.25) is 4.98 Å². The van der Waals surface area contributed by atoms with Crippen molar-refractivity contribution in [3.05, 3.63) is 30.1 Å². The van der Waals surface area contributed by atoms with Crippen molar-refractivity contribution in [2.24, 2.45) is 5.41 Å². The van der Waals surface area contributed by atoms with Gasteiger partial charge in [-0.05, 0) is 56.5 Å². The summed E-state index contributed by atoms with van der Waals surface area (Å²) < 4.78 is 5.53. The van der Waals surface area contributed by atoms with Gasteiger partial charge in [-0.15, -0.1) is 0 Å². The summed E-state index contributed by atoms with van der Waals surface area (Å²) >= 11 is 0. The van der Waals surface area contributed by atoms with Crippen molar-refractivity contribution in [3.8, 4) is 0 Å². The Labute approximate surface area is 122 Å². The highest BCUT2D eigenvalue weighted by atomic mass is 16.5. The third kappa shape index (κ3) is 4.54. The summed E-state index contributed by atoms with van der Waals surface area (Å²) in [5, 5.41) is 3.37. The summed E-state index contributed by atoms with van der Waals surface area (Å²) in [6, 6.07) is 4.21. The van der Waals surface area contributed by atoms with Gasteiger partial charge in [0.1, 0.15) is 0 Å². The number of ether oxygens (including phenoxy) is 1. The number of aromatic nitrogens is 1. The van der Waals surface area contributed by atoms with E-state index in [9.17, 15) is 0 Å². The monoisotopic (exact) mass is 277 g/mol. The van der Waals surface area contributed by atoms with E-state index in [1.807, 2.05) is 19.4 Å². The molecule has 0 saturated carbocycles. The van der Waals surface area contributed by atoms with Crippen molar-refractivity contribution in [2.45, 2.75) is 19.3 Å². The zero-order valence-electron chi connectivity index (χ0n) is 12.8. The van der Waals surface area contributed by atoms with Gasteiger partial charge in [-0.25, -0.2) is 0 Å². The van der Waals surface area contributed by atoms with Gasteiger partial charge in [0.15, 0.2) is 0 Å². The molecule has 0 radical (unpaired) electrons. The molecule has 0 amide bonds. The van der Waals surface area contributed by atoms with Crippen molar-refractivity contribution in [2.75, 3.05) is 46.9 Å². The molecule has 1 aromatic rings. The molecule has 112 valence electrons. The lowest BCUT2D eigenvalue weighted by atomic mass is 9.79. The van der Waals surface area contributed by atoms with E-state index in [1.165, 1.54) is 5.56 Å². The quantitative estimate of drug-likeness (QED) is 0.821. The maximum absolute atomic E-state index is 5.53. The van der Waals surface area contributed by atoms with Crippen molar-refractivity contribution >= 4 is 0 Å². The Morgan fingerprint density at radius 3 is 2.65 bits per heavy atom. The number of rotatable bonds is 7. The fourth-order valence-corrected chi connectivity index (χ4v) is 3.09. The molecule has 1 saturated heterocycles. The molecule has 0 bridgehead atoms. The minimum atomic E-state index is 0.375. The van der Waals surface area contributed by atoms with E-state index in [2.05, 4.69) is 34.4 Å². The zero-order valence-corrected chi connectivity index (χ0v) is 12.8. The normalized spacial score (nSPS) is 18.4. The summed E-state index contributed by atoms with van der Waals surface area (Å²) in [7, 11) is 4.28. The van der Waals surface area contributed by atoms with Gasteiger partial charge in [0.05, 0.1) is 0 Å². The Balaban J connectivity index is 1.83. The second-order valence-corrected chi connectivity index (χ2v) is 5.99. The molecule has 4 heteroatoms. The molecular formula is C16H27N3O. The largest absolute Gasteiger partial charge is 0.381 e. The number of nitrogens with zero attached hydrogens (tertiary/aromatic N) is 2. The molecule has 1 aromatic heterocycles. The van der Waals surface area contributed by atoms with E-state index in [0.29, 0.717) is 5.41 Å². The highest BCUT2D eigenvalue weighted by molar-refractivity contribution is 5.09. The second-order valence-electron chi connectivity index (χ2n) is 5.99. The fraction of sp³-hybridized carbons (Fsp3) is 0.688. The summed E-state index contributed by atoms with van der Waals surface area (Å²) in [6.07, 6.45) is 7.15. The van der Waals surface area contributed by atoms with Crippen LogP contribution in [0.2, 0.25) is 0 Å². The van der Waals surface area contributed by atoms with E-state index >= 15 is 0 Å². The molecule has 0 aromatic carbocycles. The molecule has 0 unspecified atom stereocenters. The highest BCUT2D eigenvalue weighted by Crippen LogP contribution is 2.30. The highest BCUT2D eigenvalue weighted by Gasteiger charge is 2.32. The minimum Gasteiger partial charge on any atom is -0.381 e. The van der Waals surface area contributed by atoms with Crippen LogP contribution in [0.3, 0.4) is 0 Å². The average molecular weight is 277 g/mol. The van der Waals surface area contributed by atoms with Crippen LogP contribution in [-0.4, -0.2) is 56.8 Å². The Hall–Kier alpha value is -0.970. The third-order valence-corrected chi connectivity index (χ3v) is 4.24. The summed E-state index contributed by atoms with van der Waals surface area (Å²) in [5.74, 6) is 0. The lowest BCUT2D eigenvalue weighted by Crippen LogP contribution is -2.46. The Morgan fingerprint density at radius 1 is 1.30 bits per heavy atom. The van der Waals surface area contributed by atoms with Gasteiger partial charge in [-0.2, -0.15) is 0 Å². The second kappa shape index (κ2) is 7.72. The smallest absolute Gasteiger partial charge is 0.0472 e. The van der Waals surface area contributed by atoms with Crippen LogP contribution in [0.15, 0.2) is 24.5 Å². The lowest BCUT2D eigenvalue weighted by molar-refractivity contribution is 0.000467. The van der Waals surface area contributed by atoms with Gasteiger partial charge in [0.2, 0.25) is 0 Å². The summed E-state index contributed by atoms with van der Waals surface area (Å²) in [6.45, 7) is 5.12. The van der Waals surface area contributed by atoms with E-state index in [0.717, 1.165) is 52.1 Å². The Kier molecular flexibility index (Phi) is 5.95. The molecule has 1 N–H and O–H groups in total. The predicted molar refractivity (Wildman–Crippen MR) is 81.9 cm³/mol. The third-order valence-electron chi connectivity index (χ3n) is 4.24. The maximum Gasteiger partial charge on any atom is 0.0472 e. The number of pyridine rings is 1. The Bertz CT molecular complexity index is 371. The SMILES string of the molecule is CNCC1(CN(C)CCc2ccncc2)CCOCC1. The molecule has 0 spiro atoms. The first kappa shape index (κ1) is 15.4. The van der Waals surface area contributed by atoms with Crippen molar-refractivity contribution < 1.29 is 4.74 Å². The van der Waals surface area contributed by atoms with Crippen LogP contribution in [0.25, 0.3) is 0 Å². The van der Waals surface area contributed by atoms with Gasteiger partial charge >= 0.3 is 0 Å². The first-order valence-electron chi connectivity index (χ1n) is 7.54. The minimum absolute atomic E-state index is 0.375. The molecule has 0 aliphatic carbocycles. The molecule has 1 aliphatic heterocycles. The van der Waals surface area contributed by atoms with Gasteiger partial charge in [0, 0.05) is 45.2 Å². The van der Waals surface area contributed by atoms with E-state index in [4.69, 9.17) is 4.74 Å². The summed E-state index contributed by atoms with van der Waals surface area (Å²) in [5.41, 5.74) is 1.74. The van der Waals surface area contributed by atoms with Crippen molar-refractivity contribution in [1.29, 1.82) is 0 Å². The van der Waals surface area contributed by atoms with Crippen LogP contribution in [0.4, 0.5) is 0 Å². The van der Waals surface area contributed by atoms with Crippen LogP contribution in [0.1, 0.15) is 18.4 Å². The van der Waals surface area contributed by atoms with E-state index < -0.39 is 0 Å². The van der Waals surface area contributed by atoms with Gasteiger partial charge < -0.3 is 15.0 Å². The number of hydrogen-bond donors (Lipinski definition) is 1. The van der Waals surface area contributed by atoms with Crippen molar-refractivity contribution in [3.63, 3.8) is 0 Å². The van der Waals surface area contributed by atoms with E-state index in [-0.39, 0.29) is 0 Å². The van der Waals surface area contributed by atoms with Gasteiger partial charge in [-0.1, -0.05) is 0 Å². The van der Waals surface area contributed by atoms with Crippen LogP contribution in [-0.2, 0) is 11.2 Å². The molecule has 4 nitrogen and oxygen atoms in total. The molecule has 0 atom stereocenters. The first-order valence-corrected chi connectivity index (χ1v) is 7.54. The predicted octanol–water partition coefficient (Wildman–Crippen LogP) is 1.57. The van der Waals surface area contributed by atoms with Crippen LogP contribution >= 0.6 is 0 Å². The van der Waals surface area contributed by atoms with Gasteiger partial charge in [0.25, 0.3) is 0 Å². The summed E-state index contributed by atoms with van der Waals surface area (Å²) in [4.78, 5) is 6.53. The standard InChI is InChI=1S/C16H27N3O/c1-17-13-16(6-11-20-12-7-16)14-19(2)10-5-15-3-8-18-9-4-15/h3-4,8-9,17H,5-7,10-14H2,1-2H3. The molecule has 2 heterocycles. The van der Waals surface area contributed by atoms with Crippen LogP contribution in [0.5, 0.6) is 0 Å². The number of hydrogen-bond acceptors (Lipinski definition) is 4. The van der Waals surface area contributed by atoms with E-state index in [1.54, 1.807) is 0 Å². The van der Waals surface area contributed by atoms with Crippen LogP contribution < -0.4 is 5.32 Å². The number of nitrogens with one attached hydrogen (secondary N) is 1. The van der Waals surface area contributed by atoms with Crippen LogP contribution in [0, 0.1) is 5.41 Å². The Morgan fingerprint density at radius 2 is 2.00 bits per heavy atom.